The second-order valence-corrected chi connectivity index (χ2v) is 7.60. The maximum absolute atomic E-state index is 12.9. The van der Waals surface area contributed by atoms with Crippen LogP contribution in [0.5, 0.6) is 0 Å². The van der Waals surface area contributed by atoms with Gasteiger partial charge in [-0.15, -0.1) is 0 Å². The molecule has 0 fully saturated rings. The van der Waals surface area contributed by atoms with Crippen molar-refractivity contribution in [3.63, 3.8) is 0 Å². The molecule has 0 aliphatic carbocycles. The number of aromatic nitrogens is 2. The van der Waals surface area contributed by atoms with E-state index in [2.05, 4.69) is 10.4 Å². The number of carbonyl (C=O) groups excluding carboxylic acids is 2. The summed E-state index contributed by atoms with van der Waals surface area (Å²) in [5, 5.41) is 9.44. The second kappa shape index (κ2) is 9.21. The van der Waals surface area contributed by atoms with E-state index in [1.54, 1.807) is 29.6 Å². The lowest BCUT2D eigenvalue weighted by molar-refractivity contribution is -0.123. The van der Waals surface area contributed by atoms with E-state index in [-0.39, 0.29) is 22.7 Å². The summed E-state index contributed by atoms with van der Waals surface area (Å²) in [7, 11) is 0. The van der Waals surface area contributed by atoms with Crippen molar-refractivity contribution in [2.75, 3.05) is 11.9 Å². The molecule has 1 heterocycles. The smallest absolute Gasteiger partial charge is 0.343 e. The number of fused-ring (bicyclic) bond motifs is 1. The number of carbonyl (C=O) groups is 2. The molecule has 0 aliphatic rings. The minimum Gasteiger partial charge on any atom is -0.343 e. The van der Waals surface area contributed by atoms with Crippen molar-refractivity contribution in [3.8, 4) is 0 Å². The summed E-state index contributed by atoms with van der Waals surface area (Å²) in [6.07, 6.45) is -4.51. The number of amides is 2. The van der Waals surface area contributed by atoms with Crippen molar-refractivity contribution < 1.29 is 22.8 Å². The van der Waals surface area contributed by atoms with Gasteiger partial charge < -0.3 is 10.6 Å². The molecule has 0 bridgehead atoms. The normalized spacial score (nSPS) is 11.6. The van der Waals surface area contributed by atoms with Gasteiger partial charge in [0.15, 0.2) is 5.69 Å². The first-order valence-corrected chi connectivity index (χ1v) is 9.81. The summed E-state index contributed by atoms with van der Waals surface area (Å²) >= 11 is 0. The predicted molar refractivity (Wildman–Crippen MR) is 114 cm³/mol. The molecule has 0 saturated heterocycles. The molecule has 2 N–H and O–H groups in total. The van der Waals surface area contributed by atoms with E-state index in [4.69, 9.17) is 0 Å². The third kappa shape index (κ3) is 5.51. The lowest BCUT2D eigenvalue weighted by Gasteiger charge is -2.13. The van der Waals surface area contributed by atoms with Crippen LogP contribution in [0.1, 0.15) is 34.7 Å². The number of benzene rings is 2. The summed E-state index contributed by atoms with van der Waals surface area (Å²) in [6.45, 7) is 2.76. The van der Waals surface area contributed by atoms with E-state index >= 15 is 0 Å². The highest BCUT2D eigenvalue weighted by Crippen LogP contribution is 2.17. The Balaban J connectivity index is 1.83. The van der Waals surface area contributed by atoms with Gasteiger partial charge in [0, 0.05) is 23.2 Å². The molecule has 32 heavy (non-hydrogen) atoms. The number of nitrogens with one attached hydrogen (secondary N) is 2. The molecular weight excluding hydrogens is 425 g/mol. The first-order chi connectivity index (χ1) is 15.0. The number of hydrogen-bond donors (Lipinski definition) is 2. The van der Waals surface area contributed by atoms with Crippen molar-refractivity contribution in [1.29, 1.82) is 0 Å². The maximum Gasteiger partial charge on any atom is 0.405 e. The monoisotopic (exact) mass is 446 g/mol. The average Bonchev–Trinajstić information content (AvgIpc) is 2.73. The van der Waals surface area contributed by atoms with Crippen LogP contribution in [-0.2, 0) is 6.54 Å². The molecule has 168 valence electrons. The first-order valence-electron chi connectivity index (χ1n) is 9.81. The molecule has 7 nitrogen and oxygen atoms in total. The fourth-order valence-electron chi connectivity index (χ4n) is 3.05. The molecule has 2 amide bonds. The lowest BCUT2D eigenvalue weighted by atomic mass is 10.1. The third-order valence-electron chi connectivity index (χ3n) is 4.48. The Bertz CT molecular complexity index is 1200. The van der Waals surface area contributed by atoms with E-state index in [0.29, 0.717) is 23.0 Å². The molecule has 0 aliphatic heterocycles. The van der Waals surface area contributed by atoms with Crippen LogP contribution in [0, 0.1) is 5.92 Å². The van der Waals surface area contributed by atoms with E-state index in [1.807, 2.05) is 13.8 Å². The molecule has 0 spiro atoms. The minimum absolute atomic E-state index is 0.0151. The van der Waals surface area contributed by atoms with E-state index in [9.17, 15) is 27.6 Å². The van der Waals surface area contributed by atoms with Crippen molar-refractivity contribution >= 4 is 28.3 Å². The van der Waals surface area contributed by atoms with Crippen LogP contribution >= 0.6 is 0 Å². The molecule has 0 atom stereocenters. The quantitative estimate of drug-likeness (QED) is 0.605. The van der Waals surface area contributed by atoms with Gasteiger partial charge >= 0.3 is 6.18 Å². The Morgan fingerprint density at radius 1 is 1.00 bits per heavy atom. The van der Waals surface area contributed by atoms with Gasteiger partial charge in [-0.3, -0.25) is 14.4 Å². The topological polar surface area (TPSA) is 93.1 Å². The third-order valence-corrected chi connectivity index (χ3v) is 4.48. The highest BCUT2D eigenvalue weighted by molar-refractivity contribution is 6.11. The van der Waals surface area contributed by atoms with Crippen molar-refractivity contribution in [3.05, 3.63) is 70.1 Å². The summed E-state index contributed by atoms with van der Waals surface area (Å²) < 4.78 is 38.0. The van der Waals surface area contributed by atoms with Crippen LogP contribution < -0.4 is 16.2 Å². The molecule has 10 heteroatoms. The molecular formula is C22H21F3N4O3. The summed E-state index contributed by atoms with van der Waals surface area (Å²) in [5.74, 6) is -1.31. The fourth-order valence-corrected chi connectivity index (χ4v) is 3.05. The van der Waals surface area contributed by atoms with Crippen molar-refractivity contribution in [1.82, 2.24) is 15.1 Å². The Hall–Kier alpha value is -3.69. The Labute approximate surface area is 181 Å². The van der Waals surface area contributed by atoms with E-state index in [1.165, 1.54) is 28.9 Å². The standard InChI is InChI=1S/C22H21F3N4O3/c1-13(2)11-29-21(32)17-6-4-3-5-16(17)18(28-29)20(31)27-15-9-7-14(8-10-15)19(30)26-12-22(23,24)25/h3-10,13H,11-12H2,1-2H3,(H,26,30)(H,27,31). The molecule has 3 aromatic rings. The van der Waals surface area contributed by atoms with Gasteiger partial charge in [-0.05, 0) is 36.2 Å². The Morgan fingerprint density at radius 3 is 2.22 bits per heavy atom. The van der Waals surface area contributed by atoms with Crippen molar-refractivity contribution in [2.24, 2.45) is 5.92 Å². The number of alkyl halides is 3. The van der Waals surface area contributed by atoms with Gasteiger partial charge in [-0.2, -0.15) is 18.3 Å². The molecule has 1 aromatic heterocycles. The summed E-state index contributed by atoms with van der Waals surface area (Å²) in [4.78, 5) is 37.4. The van der Waals surface area contributed by atoms with Crippen molar-refractivity contribution in [2.45, 2.75) is 26.6 Å². The van der Waals surface area contributed by atoms with Gasteiger partial charge in [0.05, 0.1) is 5.39 Å². The highest BCUT2D eigenvalue weighted by atomic mass is 19.4. The molecule has 3 rings (SSSR count). The summed E-state index contributed by atoms with van der Waals surface area (Å²) in [6, 6.07) is 12.0. The predicted octanol–water partition coefficient (Wildman–Crippen LogP) is 3.60. The second-order valence-electron chi connectivity index (χ2n) is 7.60. The van der Waals surface area contributed by atoms with Gasteiger partial charge in [0.25, 0.3) is 17.4 Å². The van der Waals surface area contributed by atoms with Crippen LogP contribution in [0.3, 0.4) is 0 Å². The average molecular weight is 446 g/mol. The largest absolute Gasteiger partial charge is 0.405 e. The molecule has 0 saturated carbocycles. The highest BCUT2D eigenvalue weighted by Gasteiger charge is 2.28. The molecule has 2 aromatic carbocycles. The minimum atomic E-state index is -4.51. The SMILES string of the molecule is CC(C)Cn1nc(C(=O)Nc2ccc(C(=O)NCC(F)(F)F)cc2)c2ccccc2c1=O. The van der Waals surface area contributed by atoms with Crippen LogP contribution in [0.25, 0.3) is 10.8 Å². The Kier molecular flexibility index (Phi) is 6.61. The van der Waals surface area contributed by atoms with Crippen LogP contribution in [0.4, 0.5) is 18.9 Å². The fraction of sp³-hybridized carbons (Fsp3) is 0.273. The number of nitrogens with zero attached hydrogens (tertiary/aromatic N) is 2. The Morgan fingerprint density at radius 2 is 1.62 bits per heavy atom. The lowest BCUT2D eigenvalue weighted by Crippen LogP contribution is -2.33. The van der Waals surface area contributed by atoms with Gasteiger partial charge in [-0.25, -0.2) is 4.68 Å². The zero-order valence-corrected chi connectivity index (χ0v) is 17.4. The van der Waals surface area contributed by atoms with Gasteiger partial charge in [0.1, 0.15) is 6.54 Å². The zero-order chi connectivity index (χ0) is 23.5. The molecule has 0 unspecified atom stereocenters. The summed E-state index contributed by atoms with van der Waals surface area (Å²) in [5.41, 5.74) is 0.101. The maximum atomic E-state index is 12.9. The van der Waals surface area contributed by atoms with E-state index in [0.717, 1.165) is 0 Å². The zero-order valence-electron chi connectivity index (χ0n) is 17.4. The number of hydrogen-bond acceptors (Lipinski definition) is 4. The van der Waals surface area contributed by atoms with Gasteiger partial charge in [-0.1, -0.05) is 32.0 Å². The molecule has 0 radical (unpaired) electrons. The number of rotatable bonds is 6. The number of halogens is 3. The van der Waals surface area contributed by atoms with Gasteiger partial charge in [0.2, 0.25) is 0 Å². The van der Waals surface area contributed by atoms with E-state index < -0.39 is 24.5 Å². The van der Waals surface area contributed by atoms with Crippen LogP contribution in [0.2, 0.25) is 0 Å². The first kappa shape index (κ1) is 23.0. The van der Waals surface area contributed by atoms with Crippen LogP contribution in [0.15, 0.2) is 53.3 Å². The number of anilines is 1. The van der Waals surface area contributed by atoms with Crippen LogP contribution in [-0.4, -0.2) is 34.3 Å².